The van der Waals surface area contributed by atoms with Crippen molar-refractivity contribution in [3.8, 4) is 0 Å². The van der Waals surface area contributed by atoms with Gasteiger partial charge in [0.15, 0.2) is 5.03 Å². The summed E-state index contributed by atoms with van der Waals surface area (Å²) in [6.07, 6.45) is 0.911. The number of nitro groups is 1. The molecule has 0 bridgehead atoms. The largest absolute Gasteiger partial charge is 0.388 e. The molecule has 1 unspecified atom stereocenters. The molecule has 0 aliphatic carbocycles. The second-order valence-corrected chi connectivity index (χ2v) is 5.67. The fourth-order valence-corrected chi connectivity index (χ4v) is 3.12. The average molecular weight is 315 g/mol. The van der Waals surface area contributed by atoms with E-state index in [4.69, 9.17) is 0 Å². The summed E-state index contributed by atoms with van der Waals surface area (Å²) in [5, 5.41) is 21.8. The topological polar surface area (TPSA) is 80.7 Å². The zero-order chi connectivity index (χ0) is 15.5. The lowest BCUT2D eigenvalue weighted by atomic mass is 10.1. The fourth-order valence-electron chi connectivity index (χ4n) is 2.15. The Labute approximate surface area is 130 Å². The summed E-state index contributed by atoms with van der Waals surface area (Å²) in [5.74, 6) is 0.232. The van der Waals surface area contributed by atoms with Crippen molar-refractivity contribution in [1.29, 1.82) is 0 Å². The Morgan fingerprint density at radius 2 is 1.95 bits per heavy atom. The number of imidazole rings is 1. The summed E-state index contributed by atoms with van der Waals surface area (Å²) >= 11 is 1.18. The molecule has 3 rings (SSSR count). The van der Waals surface area contributed by atoms with Crippen LogP contribution in [-0.4, -0.2) is 25.2 Å². The van der Waals surface area contributed by atoms with Crippen molar-refractivity contribution >= 4 is 23.2 Å². The van der Waals surface area contributed by atoms with Gasteiger partial charge in [-0.05, 0) is 16.6 Å². The fraction of sp³-hybridized carbons (Fsp3) is 0.133. The van der Waals surface area contributed by atoms with Crippen LogP contribution in [-0.2, 0) is 0 Å². The minimum absolute atomic E-state index is 0.0686. The van der Waals surface area contributed by atoms with E-state index in [1.54, 1.807) is 24.4 Å². The summed E-state index contributed by atoms with van der Waals surface area (Å²) in [7, 11) is 0. The SMILES string of the molecule is O=[N+]([O-])c1c(SCC(O)c2ccccc2)nc2ccccn12. The van der Waals surface area contributed by atoms with Gasteiger partial charge in [0.2, 0.25) is 5.65 Å². The summed E-state index contributed by atoms with van der Waals surface area (Å²) < 4.78 is 1.44. The number of aliphatic hydroxyl groups excluding tert-OH is 1. The Balaban J connectivity index is 1.85. The molecule has 3 aromatic rings. The lowest BCUT2D eigenvalue weighted by Crippen LogP contribution is -2.01. The first-order chi connectivity index (χ1) is 10.7. The van der Waals surface area contributed by atoms with Crippen molar-refractivity contribution in [3.63, 3.8) is 0 Å². The molecule has 0 fully saturated rings. The molecule has 1 atom stereocenters. The lowest BCUT2D eigenvalue weighted by molar-refractivity contribution is -0.393. The summed E-state index contributed by atoms with van der Waals surface area (Å²) in [4.78, 5) is 15.1. The molecule has 6 nitrogen and oxygen atoms in total. The Kier molecular flexibility index (Phi) is 4.08. The minimum atomic E-state index is -0.699. The zero-order valence-electron chi connectivity index (χ0n) is 11.5. The molecule has 2 aromatic heterocycles. The van der Waals surface area contributed by atoms with E-state index in [0.717, 1.165) is 5.56 Å². The molecule has 112 valence electrons. The standard InChI is InChI=1S/C15H13N3O3S/c19-12(11-6-2-1-3-7-11)10-22-14-15(18(20)21)17-9-5-4-8-13(17)16-14/h1-9,12,19H,10H2. The van der Waals surface area contributed by atoms with Gasteiger partial charge in [-0.15, -0.1) is 0 Å². The van der Waals surface area contributed by atoms with E-state index >= 15 is 0 Å². The van der Waals surface area contributed by atoms with Crippen molar-refractivity contribution in [1.82, 2.24) is 9.38 Å². The molecular weight excluding hydrogens is 302 g/mol. The number of aliphatic hydroxyl groups is 1. The highest BCUT2D eigenvalue weighted by molar-refractivity contribution is 7.99. The Morgan fingerprint density at radius 3 is 2.68 bits per heavy atom. The first-order valence-electron chi connectivity index (χ1n) is 6.64. The van der Waals surface area contributed by atoms with Gasteiger partial charge < -0.3 is 15.2 Å². The van der Waals surface area contributed by atoms with E-state index in [2.05, 4.69) is 4.98 Å². The minimum Gasteiger partial charge on any atom is -0.388 e. The van der Waals surface area contributed by atoms with Crippen LogP contribution < -0.4 is 0 Å². The molecule has 0 aliphatic heterocycles. The normalized spacial score (nSPS) is 12.4. The van der Waals surface area contributed by atoms with E-state index in [9.17, 15) is 15.2 Å². The van der Waals surface area contributed by atoms with E-state index < -0.39 is 11.0 Å². The zero-order valence-corrected chi connectivity index (χ0v) is 12.3. The van der Waals surface area contributed by atoms with Crippen LogP contribution in [0, 0.1) is 10.1 Å². The van der Waals surface area contributed by atoms with Crippen LogP contribution in [0.15, 0.2) is 59.8 Å². The van der Waals surface area contributed by atoms with Gasteiger partial charge in [0.1, 0.15) is 0 Å². The number of nitrogens with zero attached hydrogens (tertiary/aromatic N) is 3. The number of hydrogen-bond donors (Lipinski definition) is 1. The third kappa shape index (κ3) is 2.81. The van der Waals surface area contributed by atoms with Crippen LogP contribution in [0.4, 0.5) is 5.82 Å². The molecule has 0 aliphatic rings. The van der Waals surface area contributed by atoms with Gasteiger partial charge in [-0.25, -0.2) is 0 Å². The highest BCUT2D eigenvalue weighted by Crippen LogP contribution is 2.32. The van der Waals surface area contributed by atoms with E-state index in [-0.39, 0.29) is 5.82 Å². The molecule has 1 aromatic carbocycles. The maximum absolute atomic E-state index is 11.3. The molecule has 0 amide bonds. The first kappa shape index (κ1) is 14.6. The predicted molar refractivity (Wildman–Crippen MR) is 84.0 cm³/mol. The molecule has 0 saturated heterocycles. The van der Waals surface area contributed by atoms with Crippen LogP contribution in [0.1, 0.15) is 11.7 Å². The summed E-state index contributed by atoms with van der Waals surface area (Å²) in [6, 6.07) is 14.4. The van der Waals surface area contributed by atoms with Gasteiger partial charge in [0.05, 0.1) is 12.3 Å². The van der Waals surface area contributed by atoms with Gasteiger partial charge in [-0.2, -0.15) is 9.38 Å². The third-order valence-corrected chi connectivity index (χ3v) is 4.24. The number of benzene rings is 1. The van der Waals surface area contributed by atoms with E-state index in [1.165, 1.54) is 16.2 Å². The quantitative estimate of drug-likeness (QED) is 0.444. The van der Waals surface area contributed by atoms with Crippen molar-refractivity contribution in [2.45, 2.75) is 11.1 Å². The van der Waals surface area contributed by atoms with Gasteiger partial charge in [0, 0.05) is 11.8 Å². The number of hydrogen-bond acceptors (Lipinski definition) is 5. The predicted octanol–water partition coefficient (Wildman–Crippen LogP) is 3.07. The Bertz CT molecular complexity index is 804. The molecule has 0 radical (unpaired) electrons. The number of fused-ring (bicyclic) bond motifs is 1. The number of aromatic nitrogens is 2. The van der Waals surface area contributed by atoms with Gasteiger partial charge >= 0.3 is 5.82 Å². The van der Waals surface area contributed by atoms with E-state index in [1.807, 2.05) is 30.3 Å². The summed E-state index contributed by atoms with van der Waals surface area (Å²) in [6.45, 7) is 0. The van der Waals surface area contributed by atoms with Crippen molar-refractivity contribution in [2.75, 3.05) is 5.75 Å². The van der Waals surface area contributed by atoms with Gasteiger partial charge in [-0.3, -0.25) is 0 Å². The molecule has 7 heteroatoms. The van der Waals surface area contributed by atoms with E-state index in [0.29, 0.717) is 16.4 Å². The van der Waals surface area contributed by atoms with Crippen LogP contribution >= 0.6 is 11.8 Å². The third-order valence-electron chi connectivity index (χ3n) is 3.21. The molecular formula is C15H13N3O3S. The van der Waals surface area contributed by atoms with Crippen LogP contribution in [0.5, 0.6) is 0 Å². The van der Waals surface area contributed by atoms with Crippen LogP contribution in [0.25, 0.3) is 5.65 Å². The molecule has 1 N–H and O–H groups in total. The number of thioether (sulfide) groups is 1. The molecule has 0 saturated carbocycles. The van der Waals surface area contributed by atoms with Crippen molar-refractivity contribution in [2.24, 2.45) is 0 Å². The van der Waals surface area contributed by atoms with Crippen molar-refractivity contribution < 1.29 is 10.0 Å². The smallest absolute Gasteiger partial charge is 0.361 e. The van der Waals surface area contributed by atoms with Crippen LogP contribution in [0.2, 0.25) is 0 Å². The van der Waals surface area contributed by atoms with Gasteiger partial charge in [0.25, 0.3) is 0 Å². The Morgan fingerprint density at radius 1 is 1.23 bits per heavy atom. The molecule has 2 heterocycles. The Hall–Kier alpha value is -2.38. The lowest BCUT2D eigenvalue weighted by Gasteiger charge is -2.09. The maximum Gasteiger partial charge on any atom is 0.361 e. The molecule has 22 heavy (non-hydrogen) atoms. The monoisotopic (exact) mass is 315 g/mol. The molecule has 0 spiro atoms. The highest BCUT2D eigenvalue weighted by Gasteiger charge is 2.23. The average Bonchev–Trinajstić information content (AvgIpc) is 2.92. The second kappa shape index (κ2) is 6.17. The van der Waals surface area contributed by atoms with Gasteiger partial charge in [-0.1, -0.05) is 48.2 Å². The highest BCUT2D eigenvalue weighted by atomic mass is 32.2. The number of pyridine rings is 1. The number of rotatable bonds is 5. The van der Waals surface area contributed by atoms with Crippen molar-refractivity contribution in [3.05, 3.63) is 70.4 Å². The maximum atomic E-state index is 11.3. The van der Waals surface area contributed by atoms with Crippen LogP contribution in [0.3, 0.4) is 0 Å². The second-order valence-electron chi connectivity index (χ2n) is 4.66. The first-order valence-corrected chi connectivity index (χ1v) is 7.62. The summed E-state index contributed by atoms with van der Waals surface area (Å²) in [5.41, 5.74) is 1.30.